The fraction of sp³-hybridized carbons (Fsp3) is 0.353. The van der Waals surface area contributed by atoms with Crippen LogP contribution < -0.4 is 4.90 Å². The Balaban J connectivity index is 1.61. The number of benzene rings is 1. The molecule has 3 aliphatic rings. The van der Waals surface area contributed by atoms with Crippen molar-refractivity contribution in [3.05, 3.63) is 42.0 Å². The van der Waals surface area contributed by atoms with Crippen molar-refractivity contribution in [3.63, 3.8) is 0 Å². The van der Waals surface area contributed by atoms with E-state index in [-0.39, 0.29) is 24.0 Å². The van der Waals surface area contributed by atoms with Crippen LogP contribution in [0.5, 0.6) is 0 Å². The SMILES string of the molecule is CCOC(=O)c1ccc(N2C(=O)C3C4C=CC(O4)C3C2=O)cc1. The van der Waals surface area contributed by atoms with Crippen molar-refractivity contribution in [1.82, 2.24) is 0 Å². The van der Waals surface area contributed by atoms with Crippen LogP contribution in [0.4, 0.5) is 5.69 Å². The van der Waals surface area contributed by atoms with Crippen molar-refractivity contribution in [2.24, 2.45) is 11.8 Å². The fourth-order valence-electron chi connectivity index (χ4n) is 3.52. The highest BCUT2D eigenvalue weighted by Gasteiger charge is 2.60. The van der Waals surface area contributed by atoms with Gasteiger partial charge in [0.25, 0.3) is 0 Å². The average molecular weight is 313 g/mol. The number of hydrogen-bond donors (Lipinski definition) is 0. The second-order valence-electron chi connectivity index (χ2n) is 5.78. The number of carbonyl (C=O) groups is 3. The molecule has 0 N–H and O–H groups in total. The first kappa shape index (κ1) is 14.1. The van der Waals surface area contributed by atoms with Crippen molar-refractivity contribution >= 4 is 23.5 Å². The fourth-order valence-corrected chi connectivity index (χ4v) is 3.52. The maximum Gasteiger partial charge on any atom is 0.338 e. The molecule has 3 aliphatic heterocycles. The van der Waals surface area contributed by atoms with Crippen LogP contribution >= 0.6 is 0 Å². The van der Waals surface area contributed by atoms with Gasteiger partial charge in [0, 0.05) is 0 Å². The minimum Gasteiger partial charge on any atom is -0.462 e. The van der Waals surface area contributed by atoms with Gasteiger partial charge in [-0.1, -0.05) is 12.2 Å². The Bertz CT molecular complexity index is 693. The molecule has 0 saturated carbocycles. The van der Waals surface area contributed by atoms with Crippen molar-refractivity contribution in [2.45, 2.75) is 19.1 Å². The van der Waals surface area contributed by atoms with E-state index in [4.69, 9.17) is 9.47 Å². The first-order valence-corrected chi connectivity index (χ1v) is 7.60. The molecular weight excluding hydrogens is 298 g/mol. The molecule has 118 valence electrons. The third kappa shape index (κ3) is 1.95. The van der Waals surface area contributed by atoms with Gasteiger partial charge in [0.1, 0.15) is 0 Å². The summed E-state index contributed by atoms with van der Waals surface area (Å²) in [5, 5.41) is 0. The molecule has 1 aromatic rings. The quantitative estimate of drug-likeness (QED) is 0.478. The Morgan fingerprint density at radius 1 is 1.09 bits per heavy atom. The molecule has 1 aromatic carbocycles. The summed E-state index contributed by atoms with van der Waals surface area (Å²) in [7, 11) is 0. The maximum atomic E-state index is 12.6. The van der Waals surface area contributed by atoms with Crippen LogP contribution in [0.25, 0.3) is 0 Å². The van der Waals surface area contributed by atoms with Gasteiger partial charge in [-0.15, -0.1) is 0 Å². The second-order valence-corrected chi connectivity index (χ2v) is 5.78. The zero-order valence-corrected chi connectivity index (χ0v) is 12.5. The van der Waals surface area contributed by atoms with E-state index in [0.29, 0.717) is 17.9 Å². The predicted octanol–water partition coefficient (Wildman–Crippen LogP) is 1.31. The van der Waals surface area contributed by atoms with Crippen LogP contribution in [-0.4, -0.2) is 36.6 Å². The van der Waals surface area contributed by atoms with E-state index in [1.54, 1.807) is 31.2 Å². The number of anilines is 1. The Labute approximate surface area is 132 Å². The van der Waals surface area contributed by atoms with Crippen LogP contribution in [0, 0.1) is 11.8 Å². The highest BCUT2D eigenvalue weighted by Crippen LogP contribution is 2.46. The molecule has 3 heterocycles. The van der Waals surface area contributed by atoms with Crippen LogP contribution in [0.15, 0.2) is 36.4 Å². The van der Waals surface area contributed by atoms with E-state index in [2.05, 4.69) is 0 Å². The van der Waals surface area contributed by atoms with Crippen molar-refractivity contribution in [2.75, 3.05) is 11.5 Å². The van der Waals surface area contributed by atoms with Gasteiger partial charge in [0.2, 0.25) is 11.8 Å². The Kier molecular flexibility index (Phi) is 3.09. The van der Waals surface area contributed by atoms with Crippen LogP contribution in [0.1, 0.15) is 17.3 Å². The smallest absolute Gasteiger partial charge is 0.338 e. The summed E-state index contributed by atoms with van der Waals surface area (Å²) in [6.07, 6.45) is 3.10. The van der Waals surface area contributed by atoms with Gasteiger partial charge in [-0.2, -0.15) is 0 Å². The monoisotopic (exact) mass is 313 g/mol. The van der Waals surface area contributed by atoms with Gasteiger partial charge in [0.15, 0.2) is 0 Å². The normalized spacial score (nSPS) is 30.9. The lowest BCUT2D eigenvalue weighted by Crippen LogP contribution is -2.34. The Morgan fingerprint density at radius 2 is 1.65 bits per heavy atom. The molecule has 4 atom stereocenters. The van der Waals surface area contributed by atoms with Gasteiger partial charge >= 0.3 is 5.97 Å². The maximum absolute atomic E-state index is 12.6. The zero-order valence-electron chi connectivity index (χ0n) is 12.5. The minimum atomic E-state index is -0.428. The summed E-state index contributed by atoms with van der Waals surface area (Å²) < 4.78 is 10.5. The largest absolute Gasteiger partial charge is 0.462 e. The number of imide groups is 1. The van der Waals surface area contributed by atoms with Crippen LogP contribution in [0.3, 0.4) is 0 Å². The van der Waals surface area contributed by atoms with Crippen LogP contribution in [-0.2, 0) is 19.1 Å². The van der Waals surface area contributed by atoms with Crippen LogP contribution in [0.2, 0.25) is 0 Å². The Morgan fingerprint density at radius 3 is 2.17 bits per heavy atom. The number of rotatable bonds is 3. The second kappa shape index (κ2) is 5.03. The summed E-state index contributed by atoms with van der Waals surface area (Å²) >= 11 is 0. The molecular formula is C17H15NO5. The number of ether oxygens (including phenoxy) is 2. The number of nitrogens with zero attached hydrogens (tertiary/aromatic N) is 1. The summed E-state index contributed by atoms with van der Waals surface area (Å²) in [5.74, 6) is -1.75. The summed E-state index contributed by atoms with van der Waals surface area (Å²) in [6.45, 7) is 2.03. The summed E-state index contributed by atoms with van der Waals surface area (Å²) in [6, 6.07) is 6.31. The molecule has 4 unspecified atom stereocenters. The molecule has 0 aromatic heterocycles. The summed E-state index contributed by atoms with van der Waals surface area (Å²) in [4.78, 5) is 38.1. The summed E-state index contributed by atoms with van der Waals surface area (Å²) in [5.41, 5.74) is 0.863. The topological polar surface area (TPSA) is 72.9 Å². The van der Waals surface area contributed by atoms with Gasteiger partial charge in [-0.3, -0.25) is 9.59 Å². The molecule has 4 rings (SSSR count). The first-order chi connectivity index (χ1) is 11.1. The predicted molar refractivity (Wildman–Crippen MR) is 79.7 cm³/mol. The standard InChI is InChI=1S/C17H15NO5/c1-2-22-17(21)9-3-5-10(6-4-9)18-15(19)13-11-7-8-12(23-11)14(13)16(18)20/h3-8,11-14H,2H2,1H3. The molecule has 0 radical (unpaired) electrons. The molecule has 6 nitrogen and oxygen atoms in total. The van der Waals surface area contributed by atoms with E-state index in [0.717, 1.165) is 0 Å². The van der Waals surface area contributed by atoms with Gasteiger partial charge in [0.05, 0.1) is 41.9 Å². The third-order valence-corrected chi connectivity index (χ3v) is 4.55. The number of fused-ring (bicyclic) bond motifs is 5. The molecule has 0 aliphatic carbocycles. The number of hydrogen-bond acceptors (Lipinski definition) is 5. The van der Waals surface area contributed by atoms with Gasteiger partial charge in [-0.25, -0.2) is 9.69 Å². The molecule has 2 amide bonds. The molecule has 23 heavy (non-hydrogen) atoms. The number of esters is 1. The van der Waals surface area contributed by atoms with E-state index in [1.807, 2.05) is 12.2 Å². The highest BCUT2D eigenvalue weighted by atomic mass is 16.5. The molecule has 2 saturated heterocycles. The van der Waals surface area contributed by atoms with E-state index < -0.39 is 17.8 Å². The molecule has 2 bridgehead atoms. The van der Waals surface area contributed by atoms with Gasteiger partial charge < -0.3 is 9.47 Å². The molecule has 2 fully saturated rings. The average Bonchev–Trinajstić information content (AvgIpc) is 3.22. The zero-order chi connectivity index (χ0) is 16.1. The third-order valence-electron chi connectivity index (χ3n) is 4.55. The van der Waals surface area contributed by atoms with Crippen molar-refractivity contribution < 1.29 is 23.9 Å². The number of amides is 2. The first-order valence-electron chi connectivity index (χ1n) is 7.60. The van der Waals surface area contributed by atoms with Gasteiger partial charge in [-0.05, 0) is 31.2 Å². The lowest BCUT2D eigenvalue weighted by atomic mass is 9.85. The minimum absolute atomic E-state index is 0.235. The van der Waals surface area contributed by atoms with Crippen molar-refractivity contribution in [1.29, 1.82) is 0 Å². The lowest BCUT2D eigenvalue weighted by molar-refractivity contribution is -0.124. The lowest BCUT2D eigenvalue weighted by Gasteiger charge is -2.17. The van der Waals surface area contributed by atoms with E-state index in [9.17, 15) is 14.4 Å². The van der Waals surface area contributed by atoms with Crippen molar-refractivity contribution in [3.8, 4) is 0 Å². The highest BCUT2D eigenvalue weighted by molar-refractivity contribution is 6.23. The van der Waals surface area contributed by atoms with E-state index in [1.165, 1.54) is 4.90 Å². The molecule has 6 heteroatoms. The Hall–Kier alpha value is -2.47. The number of carbonyl (C=O) groups excluding carboxylic acids is 3. The van der Waals surface area contributed by atoms with E-state index >= 15 is 0 Å². The molecule has 0 spiro atoms.